The van der Waals surface area contributed by atoms with E-state index in [1.54, 1.807) is 18.2 Å². The Balaban J connectivity index is 1.45. The van der Waals surface area contributed by atoms with Gasteiger partial charge in [0.15, 0.2) is 0 Å². The molecule has 1 fully saturated rings. The van der Waals surface area contributed by atoms with Gasteiger partial charge in [0.25, 0.3) is 0 Å². The largest absolute Gasteiger partial charge is 0.448 e. The second-order valence-corrected chi connectivity index (χ2v) is 10.8. The maximum atomic E-state index is 14.9. The van der Waals surface area contributed by atoms with Crippen LogP contribution in [0.15, 0.2) is 66.7 Å². The zero-order chi connectivity index (χ0) is 28.6. The number of hydrogen-bond donors (Lipinski definition) is 4. The van der Waals surface area contributed by atoms with Gasteiger partial charge in [-0.1, -0.05) is 30.3 Å². The van der Waals surface area contributed by atoms with Gasteiger partial charge in [0.2, 0.25) is 5.91 Å². The maximum Gasteiger partial charge on any atom is 0.404 e. The number of morpholine rings is 1. The van der Waals surface area contributed by atoms with Gasteiger partial charge in [-0.15, -0.1) is 0 Å². The molecule has 8 nitrogen and oxygen atoms in total. The molecule has 2 amide bonds. The van der Waals surface area contributed by atoms with Crippen LogP contribution >= 0.6 is 22.6 Å². The predicted octanol–water partition coefficient (Wildman–Crippen LogP) is 4.05. The lowest BCUT2D eigenvalue weighted by atomic mass is 9.85. The highest BCUT2D eigenvalue weighted by Crippen LogP contribution is 2.30. The minimum absolute atomic E-state index is 0.104. The molecule has 11 heteroatoms. The molecule has 1 heterocycles. The number of amides is 2. The molecule has 212 valence electrons. The van der Waals surface area contributed by atoms with Crippen LogP contribution in [0.4, 0.5) is 19.3 Å². The number of hydrogen-bond acceptors (Lipinski definition) is 6. The third kappa shape index (κ3) is 7.96. The van der Waals surface area contributed by atoms with Gasteiger partial charge in [-0.25, -0.2) is 13.6 Å². The van der Waals surface area contributed by atoms with E-state index in [2.05, 4.69) is 33.2 Å². The number of primary amides is 1. The van der Waals surface area contributed by atoms with E-state index in [0.717, 1.165) is 9.13 Å². The van der Waals surface area contributed by atoms with Gasteiger partial charge in [-0.2, -0.15) is 0 Å². The third-order valence-electron chi connectivity index (χ3n) is 6.81. The molecule has 1 aliphatic heterocycles. The van der Waals surface area contributed by atoms with Crippen molar-refractivity contribution >= 4 is 40.3 Å². The number of carbonyl (C=O) groups is 2. The number of rotatable bonds is 10. The molecular formula is C29H31F2IN4O4. The fourth-order valence-corrected chi connectivity index (χ4v) is 5.05. The third-order valence-corrected chi connectivity index (χ3v) is 7.53. The van der Waals surface area contributed by atoms with E-state index in [0.29, 0.717) is 42.8 Å². The molecule has 0 radical (unpaired) electrons. The topological polar surface area (TPSA) is 129 Å². The molecule has 3 aromatic carbocycles. The van der Waals surface area contributed by atoms with Crippen molar-refractivity contribution in [1.82, 2.24) is 5.32 Å². The first-order valence-corrected chi connectivity index (χ1v) is 13.9. The molecule has 1 saturated heterocycles. The summed E-state index contributed by atoms with van der Waals surface area (Å²) in [6, 6.07) is 16.8. The predicted molar refractivity (Wildman–Crippen MR) is 156 cm³/mol. The zero-order valence-electron chi connectivity index (χ0n) is 21.6. The number of carbonyl (C=O) groups excluding carboxylic acids is 2. The van der Waals surface area contributed by atoms with Crippen LogP contribution < -0.4 is 22.1 Å². The summed E-state index contributed by atoms with van der Waals surface area (Å²) in [5, 5.41) is 6.05. The molecule has 1 aliphatic rings. The summed E-state index contributed by atoms with van der Waals surface area (Å²) >= 11 is 2.19. The van der Waals surface area contributed by atoms with Crippen LogP contribution in [0.5, 0.6) is 0 Å². The van der Waals surface area contributed by atoms with E-state index in [1.807, 2.05) is 24.3 Å². The van der Waals surface area contributed by atoms with Gasteiger partial charge in [0.05, 0.1) is 24.8 Å². The summed E-state index contributed by atoms with van der Waals surface area (Å²) in [5.74, 6) is -1.88. The first-order valence-electron chi connectivity index (χ1n) is 12.8. The highest BCUT2D eigenvalue weighted by Gasteiger charge is 2.29. The van der Waals surface area contributed by atoms with Crippen LogP contribution in [0, 0.1) is 15.2 Å². The van der Waals surface area contributed by atoms with Gasteiger partial charge in [-0.3, -0.25) is 4.79 Å². The number of benzene rings is 3. The Labute approximate surface area is 244 Å². The molecule has 0 saturated carbocycles. The number of anilines is 1. The zero-order valence-corrected chi connectivity index (χ0v) is 23.8. The Bertz CT molecular complexity index is 1260. The van der Waals surface area contributed by atoms with E-state index in [-0.39, 0.29) is 24.6 Å². The minimum Gasteiger partial charge on any atom is -0.448 e. The second kappa shape index (κ2) is 14.0. The molecule has 4 atom stereocenters. The van der Waals surface area contributed by atoms with Gasteiger partial charge in [0.1, 0.15) is 18.2 Å². The SMILES string of the molecule is NC(=O)OC[C@@H]1CO[C@H](CCc2c(F)cccc2NC(=O)[C@@H](N)C(c2ccc(F)cc2)c2ccc(I)cc2)CN1. The number of halogens is 3. The van der Waals surface area contributed by atoms with Crippen molar-refractivity contribution in [1.29, 1.82) is 0 Å². The molecule has 0 aliphatic carbocycles. The molecule has 40 heavy (non-hydrogen) atoms. The normalized spacial score (nSPS) is 18.5. The van der Waals surface area contributed by atoms with Crippen molar-refractivity contribution in [2.24, 2.45) is 11.5 Å². The molecule has 6 N–H and O–H groups in total. The lowest BCUT2D eigenvalue weighted by Crippen LogP contribution is -2.49. The van der Waals surface area contributed by atoms with Gasteiger partial charge < -0.3 is 31.6 Å². The molecular weight excluding hydrogens is 633 g/mol. The van der Waals surface area contributed by atoms with Crippen molar-refractivity contribution in [2.45, 2.75) is 36.9 Å². The van der Waals surface area contributed by atoms with Gasteiger partial charge in [0, 0.05) is 27.3 Å². The van der Waals surface area contributed by atoms with Crippen molar-refractivity contribution in [3.05, 3.63) is 98.6 Å². The fraction of sp³-hybridized carbons (Fsp3) is 0.310. The number of ether oxygens (including phenoxy) is 2. The minimum atomic E-state index is -1.04. The van der Waals surface area contributed by atoms with Crippen LogP contribution in [-0.2, 0) is 20.7 Å². The Hall–Kier alpha value is -3.13. The van der Waals surface area contributed by atoms with Crippen LogP contribution in [0.3, 0.4) is 0 Å². The van der Waals surface area contributed by atoms with E-state index >= 15 is 0 Å². The van der Waals surface area contributed by atoms with Gasteiger partial charge >= 0.3 is 6.09 Å². The summed E-state index contributed by atoms with van der Waals surface area (Å²) in [5.41, 5.74) is 13.7. The summed E-state index contributed by atoms with van der Waals surface area (Å²) in [4.78, 5) is 24.2. The second-order valence-electron chi connectivity index (χ2n) is 9.59. The maximum absolute atomic E-state index is 14.9. The van der Waals surface area contributed by atoms with Gasteiger partial charge in [-0.05, 0) is 83.0 Å². The Morgan fingerprint density at radius 3 is 2.38 bits per heavy atom. The van der Waals surface area contributed by atoms with E-state index < -0.39 is 29.8 Å². The molecule has 0 bridgehead atoms. The summed E-state index contributed by atoms with van der Waals surface area (Å²) < 4.78 is 40.2. The highest BCUT2D eigenvalue weighted by atomic mass is 127. The number of nitrogens with one attached hydrogen (secondary N) is 2. The lowest BCUT2D eigenvalue weighted by molar-refractivity contribution is -0.117. The Morgan fingerprint density at radius 2 is 1.75 bits per heavy atom. The Morgan fingerprint density at radius 1 is 1.07 bits per heavy atom. The molecule has 1 unspecified atom stereocenters. The van der Waals surface area contributed by atoms with Crippen molar-refractivity contribution < 1.29 is 27.8 Å². The van der Waals surface area contributed by atoms with Crippen molar-refractivity contribution in [3.8, 4) is 0 Å². The van der Waals surface area contributed by atoms with E-state index in [9.17, 15) is 18.4 Å². The molecule has 0 spiro atoms. The van der Waals surface area contributed by atoms with E-state index in [4.69, 9.17) is 20.9 Å². The van der Waals surface area contributed by atoms with Crippen molar-refractivity contribution in [3.63, 3.8) is 0 Å². The summed E-state index contributed by atoms with van der Waals surface area (Å²) in [6.45, 7) is 0.910. The average Bonchev–Trinajstić information content (AvgIpc) is 2.94. The first-order chi connectivity index (χ1) is 19.2. The fourth-order valence-electron chi connectivity index (χ4n) is 4.69. The quantitative estimate of drug-likeness (QED) is 0.242. The van der Waals surface area contributed by atoms with E-state index in [1.165, 1.54) is 24.3 Å². The first kappa shape index (κ1) is 29.8. The van der Waals surface area contributed by atoms with Crippen LogP contribution in [0.1, 0.15) is 29.0 Å². The van der Waals surface area contributed by atoms with Crippen LogP contribution in [0.2, 0.25) is 0 Å². The summed E-state index contributed by atoms with van der Waals surface area (Å²) in [6.07, 6.45) is -0.239. The Kier molecular flexibility index (Phi) is 10.4. The molecule has 4 rings (SSSR count). The highest BCUT2D eigenvalue weighted by molar-refractivity contribution is 14.1. The lowest BCUT2D eigenvalue weighted by Gasteiger charge is -2.30. The smallest absolute Gasteiger partial charge is 0.404 e. The average molecular weight is 664 g/mol. The standard InChI is InChI=1S/C29H31F2IN4O4/c30-19-8-4-17(5-9-19)26(18-6-10-20(32)11-7-18)27(33)28(37)36-25-3-1-2-24(31)23(25)13-12-22-14-35-21(15-39-22)16-40-29(34)38/h1-11,21-22,26-27,35H,12-16,33H2,(H2,34,38)(H,36,37)/t21-,22+,26?,27-/m0/s1. The number of nitrogens with two attached hydrogens (primary N) is 2. The van der Waals surface area contributed by atoms with Crippen molar-refractivity contribution in [2.75, 3.05) is 25.1 Å². The van der Waals surface area contributed by atoms with Crippen LogP contribution in [0.25, 0.3) is 0 Å². The molecule has 0 aromatic heterocycles. The monoisotopic (exact) mass is 664 g/mol. The van der Waals surface area contributed by atoms with Crippen LogP contribution in [-0.4, -0.2) is 49.9 Å². The molecule has 3 aromatic rings. The summed E-state index contributed by atoms with van der Waals surface area (Å²) in [7, 11) is 0.